The lowest BCUT2D eigenvalue weighted by molar-refractivity contribution is -0.738. The van der Waals surface area contributed by atoms with Crippen molar-refractivity contribution < 1.29 is 48.2 Å². The van der Waals surface area contributed by atoms with Gasteiger partial charge in [0.2, 0.25) is 0 Å². The van der Waals surface area contributed by atoms with Gasteiger partial charge < -0.3 is 39.1 Å². The standard InChI is InChI=1S/C15H20N2O.2BrH/c1-13-5-3-7-16(9-13)11-15(18)12-17-8-4-6-14(2)10-17;;/h3-10,15,18H,11-12H2,1-2H3;2*1H/q+2;;/p-2. The SMILES string of the molecule is Cc1ccc[n+](CC(O)C[n+]2cccc(C)c2)c1.[Br-].[Br-]. The van der Waals surface area contributed by atoms with E-state index in [2.05, 4.69) is 26.0 Å². The van der Waals surface area contributed by atoms with Crippen molar-refractivity contribution in [1.29, 1.82) is 0 Å². The van der Waals surface area contributed by atoms with Crippen LogP contribution in [-0.4, -0.2) is 11.2 Å². The summed E-state index contributed by atoms with van der Waals surface area (Å²) in [6.45, 7) is 5.33. The first-order chi connectivity index (χ1) is 8.63. The third kappa shape index (κ3) is 6.11. The number of hydrogen-bond donors (Lipinski definition) is 1. The second-order valence-electron chi connectivity index (χ2n) is 4.81. The number of nitrogens with zero attached hydrogens (tertiary/aromatic N) is 2. The van der Waals surface area contributed by atoms with Gasteiger partial charge in [0.15, 0.2) is 44.0 Å². The van der Waals surface area contributed by atoms with Gasteiger partial charge in [-0.3, -0.25) is 0 Å². The predicted molar refractivity (Wildman–Crippen MR) is 68.8 cm³/mol. The van der Waals surface area contributed by atoms with E-state index in [1.165, 1.54) is 11.1 Å². The first kappa shape index (κ1) is 19.2. The van der Waals surface area contributed by atoms with Crippen LogP contribution in [-0.2, 0) is 13.1 Å². The van der Waals surface area contributed by atoms with Gasteiger partial charge in [-0.1, -0.05) is 0 Å². The third-order valence-electron chi connectivity index (χ3n) is 2.86. The topological polar surface area (TPSA) is 28.0 Å². The van der Waals surface area contributed by atoms with Crippen LogP contribution in [0.5, 0.6) is 0 Å². The molecule has 0 aliphatic rings. The molecule has 2 aromatic heterocycles. The average molecular weight is 404 g/mol. The zero-order valence-corrected chi connectivity index (χ0v) is 14.9. The molecule has 0 amide bonds. The van der Waals surface area contributed by atoms with Gasteiger partial charge in [-0.05, 0) is 26.0 Å². The molecule has 0 saturated carbocycles. The molecule has 0 unspecified atom stereocenters. The molecule has 0 aliphatic carbocycles. The Kier molecular flexibility index (Phi) is 8.85. The highest BCUT2D eigenvalue weighted by molar-refractivity contribution is 5.01. The minimum absolute atomic E-state index is 0. The van der Waals surface area contributed by atoms with Crippen molar-refractivity contribution in [1.82, 2.24) is 0 Å². The molecular weight excluding hydrogens is 384 g/mol. The van der Waals surface area contributed by atoms with Gasteiger partial charge in [0.25, 0.3) is 0 Å². The van der Waals surface area contributed by atoms with Crippen LogP contribution in [0.15, 0.2) is 49.1 Å². The van der Waals surface area contributed by atoms with Crippen LogP contribution >= 0.6 is 0 Å². The van der Waals surface area contributed by atoms with Crippen LogP contribution in [0.4, 0.5) is 0 Å². The lowest BCUT2D eigenvalue weighted by atomic mass is 10.2. The summed E-state index contributed by atoms with van der Waals surface area (Å²) in [6.07, 6.45) is 7.67. The Morgan fingerprint density at radius 1 is 0.900 bits per heavy atom. The molecule has 0 aliphatic heterocycles. The molecule has 1 N–H and O–H groups in total. The number of aliphatic hydroxyl groups excluding tert-OH is 1. The number of hydrogen-bond acceptors (Lipinski definition) is 1. The van der Waals surface area contributed by atoms with Crippen LogP contribution in [0, 0.1) is 13.8 Å². The van der Waals surface area contributed by atoms with Crippen molar-refractivity contribution in [2.24, 2.45) is 0 Å². The maximum absolute atomic E-state index is 10.1. The molecule has 0 fully saturated rings. The highest BCUT2D eigenvalue weighted by Crippen LogP contribution is 1.93. The fourth-order valence-electron chi connectivity index (χ4n) is 2.08. The Labute approximate surface area is 141 Å². The summed E-state index contributed by atoms with van der Waals surface area (Å²) >= 11 is 0. The van der Waals surface area contributed by atoms with Crippen molar-refractivity contribution in [3.8, 4) is 0 Å². The zero-order chi connectivity index (χ0) is 13.0. The molecule has 2 heterocycles. The van der Waals surface area contributed by atoms with E-state index in [1.807, 2.05) is 46.1 Å². The molecule has 0 aromatic carbocycles. The molecular formula is C15H20Br2N2O. The first-order valence-electron chi connectivity index (χ1n) is 6.23. The number of rotatable bonds is 4. The maximum Gasteiger partial charge on any atom is 0.180 e. The van der Waals surface area contributed by atoms with Gasteiger partial charge in [-0.15, -0.1) is 0 Å². The molecule has 0 spiro atoms. The van der Waals surface area contributed by atoms with E-state index < -0.39 is 0 Å². The van der Waals surface area contributed by atoms with Gasteiger partial charge in [0.05, 0.1) is 0 Å². The Bertz CT molecular complexity index is 487. The van der Waals surface area contributed by atoms with Crippen LogP contribution in [0.25, 0.3) is 0 Å². The molecule has 2 rings (SSSR count). The second kappa shape index (κ2) is 9.21. The molecule has 3 nitrogen and oxygen atoms in total. The highest BCUT2D eigenvalue weighted by Gasteiger charge is 2.16. The van der Waals surface area contributed by atoms with E-state index in [0.717, 1.165) is 0 Å². The molecule has 20 heavy (non-hydrogen) atoms. The summed E-state index contributed by atoms with van der Waals surface area (Å²) in [7, 11) is 0. The normalized spacial score (nSPS) is 9.80. The highest BCUT2D eigenvalue weighted by atomic mass is 79.9. The lowest BCUT2D eigenvalue weighted by Crippen LogP contribution is -3.00. The van der Waals surface area contributed by atoms with Crippen molar-refractivity contribution >= 4 is 0 Å². The molecule has 0 atom stereocenters. The Morgan fingerprint density at radius 2 is 1.30 bits per heavy atom. The summed E-state index contributed by atoms with van der Waals surface area (Å²) in [6, 6.07) is 8.11. The molecule has 110 valence electrons. The van der Waals surface area contributed by atoms with Crippen molar-refractivity contribution in [2.75, 3.05) is 0 Å². The Hall–Kier alpha value is -0.780. The van der Waals surface area contributed by atoms with Crippen molar-refractivity contribution in [3.05, 3.63) is 60.2 Å². The van der Waals surface area contributed by atoms with Crippen LogP contribution in [0.1, 0.15) is 11.1 Å². The van der Waals surface area contributed by atoms with Gasteiger partial charge in [0.1, 0.15) is 0 Å². The Morgan fingerprint density at radius 3 is 1.65 bits per heavy atom. The number of pyridine rings is 2. The molecule has 0 radical (unpaired) electrons. The quantitative estimate of drug-likeness (QED) is 0.508. The van der Waals surface area contributed by atoms with E-state index in [-0.39, 0.29) is 40.1 Å². The van der Waals surface area contributed by atoms with E-state index in [1.54, 1.807) is 0 Å². The monoisotopic (exact) mass is 402 g/mol. The van der Waals surface area contributed by atoms with Crippen LogP contribution in [0.3, 0.4) is 0 Å². The predicted octanol–water partition coefficient (Wildman–Crippen LogP) is -5.05. The summed E-state index contributed by atoms with van der Waals surface area (Å²) in [4.78, 5) is 0. The van der Waals surface area contributed by atoms with Crippen LogP contribution < -0.4 is 43.1 Å². The molecule has 0 saturated heterocycles. The van der Waals surface area contributed by atoms with Crippen molar-refractivity contribution in [3.63, 3.8) is 0 Å². The van der Waals surface area contributed by atoms with Crippen molar-refractivity contribution in [2.45, 2.75) is 33.0 Å². The summed E-state index contributed by atoms with van der Waals surface area (Å²) in [5, 5.41) is 10.1. The fourth-order valence-corrected chi connectivity index (χ4v) is 2.08. The first-order valence-corrected chi connectivity index (χ1v) is 6.23. The van der Waals surface area contributed by atoms with E-state index in [9.17, 15) is 5.11 Å². The number of aromatic nitrogens is 2. The summed E-state index contributed by atoms with van der Waals surface area (Å²) in [5.41, 5.74) is 2.40. The van der Waals surface area contributed by atoms with Gasteiger partial charge in [0, 0.05) is 23.3 Å². The second-order valence-corrected chi connectivity index (χ2v) is 4.81. The van der Waals surface area contributed by atoms with Crippen LogP contribution in [0.2, 0.25) is 0 Å². The fraction of sp³-hybridized carbons (Fsp3) is 0.333. The summed E-state index contributed by atoms with van der Waals surface area (Å²) < 4.78 is 4.05. The number of halogens is 2. The molecule has 5 heteroatoms. The Balaban J connectivity index is 0.00000180. The largest absolute Gasteiger partial charge is 1.00 e. The lowest BCUT2D eigenvalue weighted by Gasteiger charge is -2.04. The van der Waals surface area contributed by atoms with E-state index in [4.69, 9.17) is 0 Å². The van der Waals surface area contributed by atoms with Gasteiger partial charge >= 0.3 is 0 Å². The number of aryl methyl sites for hydroxylation is 2. The minimum Gasteiger partial charge on any atom is -1.00 e. The summed E-state index contributed by atoms with van der Waals surface area (Å²) in [5.74, 6) is 0. The van der Waals surface area contributed by atoms with Gasteiger partial charge in [-0.25, -0.2) is 9.13 Å². The maximum atomic E-state index is 10.1. The molecule has 2 aromatic rings. The number of aliphatic hydroxyl groups is 1. The van der Waals surface area contributed by atoms with E-state index >= 15 is 0 Å². The average Bonchev–Trinajstić information content (AvgIpc) is 2.28. The van der Waals surface area contributed by atoms with E-state index in [0.29, 0.717) is 13.1 Å². The molecule has 0 bridgehead atoms. The zero-order valence-electron chi connectivity index (χ0n) is 11.7. The third-order valence-corrected chi connectivity index (χ3v) is 2.86. The minimum atomic E-state index is -0.386. The smallest absolute Gasteiger partial charge is 0.180 e. The van der Waals surface area contributed by atoms with Gasteiger partial charge in [-0.2, -0.15) is 0 Å².